The van der Waals surface area contributed by atoms with E-state index in [-0.39, 0.29) is 5.92 Å². The molecule has 0 aliphatic carbocycles. The molecule has 0 amide bonds. The van der Waals surface area contributed by atoms with Crippen LogP contribution in [-0.2, 0) is 0 Å². The maximum absolute atomic E-state index is 4.91. The lowest BCUT2D eigenvalue weighted by Crippen LogP contribution is -2.15. The Morgan fingerprint density at radius 1 is 0.794 bits per heavy atom. The van der Waals surface area contributed by atoms with Gasteiger partial charge in [0.2, 0.25) is 5.78 Å². The summed E-state index contributed by atoms with van der Waals surface area (Å²) in [5, 5.41) is 4.59. The number of hydrogen-bond acceptors (Lipinski definition) is 6. The fourth-order valence-corrected chi connectivity index (χ4v) is 4.18. The van der Waals surface area contributed by atoms with Gasteiger partial charge in [-0.15, -0.1) is 0 Å². The first-order valence-electron chi connectivity index (χ1n) is 11.1. The number of anilines is 1. The summed E-state index contributed by atoms with van der Waals surface area (Å²) < 4.78 is 1.87. The minimum Gasteiger partial charge on any atom is -0.368 e. The molecule has 0 fully saturated rings. The van der Waals surface area contributed by atoms with Crippen molar-refractivity contribution in [2.45, 2.75) is 5.92 Å². The van der Waals surface area contributed by atoms with Gasteiger partial charge in [0.25, 0.3) is 0 Å². The van der Waals surface area contributed by atoms with E-state index in [0.29, 0.717) is 18.1 Å². The van der Waals surface area contributed by atoms with Gasteiger partial charge < -0.3 is 5.32 Å². The molecule has 7 nitrogen and oxygen atoms in total. The molecule has 0 saturated heterocycles. The third-order valence-corrected chi connectivity index (χ3v) is 5.89. The lowest BCUT2D eigenvalue weighted by molar-refractivity contribution is 0.846. The first kappa shape index (κ1) is 20.0. The Hall–Kier alpha value is -4.65. The van der Waals surface area contributed by atoms with Gasteiger partial charge in [-0.3, -0.25) is 9.38 Å². The number of para-hydroxylation sites is 1. The van der Waals surface area contributed by atoms with Gasteiger partial charge in [-0.2, -0.15) is 0 Å². The Morgan fingerprint density at radius 3 is 2.47 bits per heavy atom. The van der Waals surface area contributed by atoms with E-state index < -0.39 is 0 Å². The second-order valence-electron chi connectivity index (χ2n) is 8.01. The molecule has 0 aliphatic rings. The van der Waals surface area contributed by atoms with E-state index in [1.165, 1.54) is 11.1 Å². The highest BCUT2D eigenvalue weighted by molar-refractivity contribution is 5.90. The van der Waals surface area contributed by atoms with Crippen molar-refractivity contribution in [3.05, 3.63) is 115 Å². The summed E-state index contributed by atoms with van der Waals surface area (Å²) in [6.07, 6.45) is 11.0. The summed E-state index contributed by atoms with van der Waals surface area (Å²) in [7, 11) is 0. The van der Waals surface area contributed by atoms with Crippen molar-refractivity contribution in [3.8, 4) is 11.4 Å². The summed E-state index contributed by atoms with van der Waals surface area (Å²) in [5.74, 6) is 2.20. The van der Waals surface area contributed by atoms with Crippen LogP contribution in [0.25, 0.3) is 28.1 Å². The van der Waals surface area contributed by atoms with Crippen LogP contribution in [0.4, 0.5) is 5.82 Å². The normalized spacial score (nSPS) is 12.1. The van der Waals surface area contributed by atoms with Crippen LogP contribution in [0.15, 0.2) is 104 Å². The molecule has 6 aromatic rings. The summed E-state index contributed by atoms with van der Waals surface area (Å²) in [6.45, 7) is 0.674. The molecule has 4 heterocycles. The Morgan fingerprint density at radius 2 is 1.59 bits per heavy atom. The standard InChI is InChI=1S/C27H21N7/c1-2-6-19(7-3-1)23(20-10-12-28-13-11-20)17-30-26-22-8-4-5-9-24(22)32-25(33-26)21-16-31-27-29-14-15-34(27)18-21/h1-16,18,23H,17H2,(H,30,32,33). The average molecular weight is 444 g/mol. The molecule has 0 bridgehead atoms. The number of fused-ring (bicyclic) bond motifs is 2. The first-order valence-corrected chi connectivity index (χ1v) is 11.1. The van der Waals surface area contributed by atoms with Crippen molar-refractivity contribution < 1.29 is 0 Å². The van der Waals surface area contributed by atoms with Crippen LogP contribution in [0.1, 0.15) is 17.0 Å². The number of benzene rings is 2. The fourth-order valence-electron chi connectivity index (χ4n) is 4.18. The Bertz CT molecular complexity index is 1520. The van der Waals surface area contributed by atoms with Gasteiger partial charge in [0.1, 0.15) is 5.82 Å². The topological polar surface area (TPSA) is 80.9 Å². The molecule has 0 spiro atoms. The number of nitrogens with zero attached hydrogens (tertiary/aromatic N) is 6. The largest absolute Gasteiger partial charge is 0.368 e. The Kier molecular flexibility index (Phi) is 5.12. The van der Waals surface area contributed by atoms with E-state index in [2.05, 4.69) is 56.7 Å². The molecule has 34 heavy (non-hydrogen) atoms. The average Bonchev–Trinajstić information content (AvgIpc) is 3.38. The van der Waals surface area contributed by atoms with Crippen molar-refractivity contribution in [2.75, 3.05) is 11.9 Å². The van der Waals surface area contributed by atoms with E-state index in [4.69, 9.17) is 9.97 Å². The number of nitrogens with one attached hydrogen (secondary N) is 1. The minimum atomic E-state index is 0.144. The zero-order valence-electron chi connectivity index (χ0n) is 18.3. The predicted molar refractivity (Wildman–Crippen MR) is 133 cm³/mol. The van der Waals surface area contributed by atoms with Gasteiger partial charge in [-0.1, -0.05) is 42.5 Å². The smallest absolute Gasteiger partial charge is 0.233 e. The van der Waals surface area contributed by atoms with Gasteiger partial charge in [-0.05, 0) is 35.4 Å². The van der Waals surface area contributed by atoms with Crippen molar-refractivity contribution in [1.82, 2.24) is 29.3 Å². The molecule has 1 unspecified atom stereocenters. The second kappa shape index (κ2) is 8.71. The minimum absolute atomic E-state index is 0.144. The van der Waals surface area contributed by atoms with Gasteiger partial charge in [-0.25, -0.2) is 19.9 Å². The fraction of sp³-hybridized carbons (Fsp3) is 0.0741. The van der Waals surface area contributed by atoms with Crippen molar-refractivity contribution in [2.24, 2.45) is 0 Å². The quantitative estimate of drug-likeness (QED) is 0.391. The molecule has 1 atom stereocenters. The van der Waals surface area contributed by atoms with Gasteiger partial charge >= 0.3 is 0 Å². The molecular formula is C27H21N7. The van der Waals surface area contributed by atoms with Gasteiger partial charge in [0.15, 0.2) is 5.82 Å². The monoisotopic (exact) mass is 443 g/mol. The molecule has 2 aromatic carbocycles. The molecule has 6 rings (SSSR count). The molecule has 1 N–H and O–H groups in total. The van der Waals surface area contributed by atoms with Gasteiger partial charge in [0.05, 0.1) is 11.1 Å². The number of imidazole rings is 1. The van der Waals surface area contributed by atoms with Gasteiger partial charge in [0, 0.05) is 55.0 Å². The highest BCUT2D eigenvalue weighted by Crippen LogP contribution is 2.28. The van der Waals surface area contributed by atoms with Crippen LogP contribution < -0.4 is 5.32 Å². The Labute approximate surface area is 196 Å². The molecular weight excluding hydrogens is 422 g/mol. The molecule has 7 heteroatoms. The van der Waals surface area contributed by atoms with Crippen LogP contribution in [0.2, 0.25) is 0 Å². The highest BCUT2D eigenvalue weighted by Gasteiger charge is 2.16. The van der Waals surface area contributed by atoms with E-state index in [1.54, 1.807) is 12.4 Å². The summed E-state index contributed by atoms with van der Waals surface area (Å²) in [6, 6.07) is 22.7. The maximum atomic E-state index is 4.91. The van der Waals surface area contributed by atoms with Crippen LogP contribution in [0.3, 0.4) is 0 Å². The third kappa shape index (κ3) is 3.84. The zero-order valence-corrected chi connectivity index (χ0v) is 18.3. The highest BCUT2D eigenvalue weighted by atomic mass is 15.1. The lowest BCUT2D eigenvalue weighted by atomic mass is 9.92. The van der Waals surface area contributed by atoms with Crippen molar-refractivity contribution in [3.63, 3.8) is 0 Å². The number of aromatic nitrogens is 6. The molecule has 0 aliphatic heterocycles. The van der Waals surface area contributed by atoms with Crippen molar-refractivity contribution in [1.29, 1.82) is 0 Å². The summed E-state index contributed by atoms with van der Waals surface area (Å²) in [5.41, 5.74) is 4.13. The molecule has 0 radical (unpaired) electrons. The van der Waals surface area contributed by atoms with Crippen molar-refractivity contribution >= 4 is 22.5 Å². The third-order valence-electron chi connectivity index (χ3n) is 5.89. The second-order valence-corrected chi connectivity index (χ2v) is 8.01. The molecule has 164 valence electrons. The summed E-state index contributed by atoms with van der Waals surface area (Å²) in [4.78, 5) is 22.6. The van der Waals surface area contributed by atoms with E-state index >= 15 is 0 Å². The SMILES string of the molecule is c1ccc(C(CNc2nc(-c3cnc4nccn4c3)nc3ccccc23)c2ccncc2)cc1. The number of hydrogen-bond donors (Lipinski definition) is 1. The molecule has 0 saturated carbocycles. The van der Waals surface area contributed by atoms with E-state index in [1.807, 2.05) is 59.5 Å². The van der Waals surface area contributed by atoms with Crippen LogP contribution in [0.5, 0.6) is 0 Å². The zero-order chi connectivity index (χ0) is 22.7. The Balaban J connectivity index is 1.40. The van der Waals surface area contributed by atoms with E-state index in [0.717, 1.165) is 22.3 Å². The first-order chi connectivity index (χ1) is 16.8. The maximum Gasteiger partial charge on any atom is 0.233 e. The number of rotatable bonds is 6. The lowest BCUT2D eigenvalue weighted by Gasteiger charge is -2.20. The predicted octanol–water partition coefficient (Wildman–Crippen LogP) is 4.98. The van der Waals surface area contributed by atoms with E-state index in [9.17, 15) is 0 Å². The van der Waals surface area contributed by atoms with Crippen LogP contribution in [0, 0.1) is 0 Å². The summed E-state index contributed by atoms with van der Waals surface area (Å²) >= 11 is 0. The van der Waals surface area contributed by atoms with Crippen LogP contribution >= 0.6 is 0 Å². The molecule has 4 aromatic heterocycles. The number of pyridine rings is 1. The van der Waals surface area contributed by atoms with Crippen LogP contribution in [-0.4, -0.2) is 35.9 Å².